The van der Waals surface area contributed by atoms with E-state index >= 15 is 0 Å². The third-order valence-corrected chi connectivity index (χ3v) is 8.73. The molecule has 1 amide bonds. The molecule has 4 atom stereocenters. The van der Waals surface area contributed by atoms with Crippen LogP contribution in [0.1, 0.15) is 69.0 Å². The van der Waals surface area contributed by atoms with Gasteiger partial charge in [-0.25, -0.2) is 15.0 Å². The van der Waals surface area contributed by atoms with E-state index in [-0.39, 0.29) is 24.2 Å². The predicted molar refractivity (Wildman–Crippen MR) is 139 cm³/mol. The fourth-order valence-electron chi connectivity index (χ4n) is 6.79. The molecule has 5 heterocycles. The van der Waals surface area contributed by atoms with Crippen LogP contribution >= 0.6 is 0 Å². The van der Waals surface area contributed by atoms with E-state index in [1.807, 2.05) is 36.6 Å². The lowest BCUT2D eigenvalue weighted by Crippen LogP contribution is -2.63. The summed E-state index contributed by atoms with van der Waals surface area (Å²) in [6, 6.07) is 9.04. The van der Waals surface area contributed by atoms with Gasteiger partial charge in [0.05, 0.1) is 6.33 Å². The topological polar surface area (TPSA) is 104 Å². The van der Waals surface area contributed by atoms with E-state index in [2.05, 4.69) is 25.2 Å². The largest absolute Gasteiger partial charge is 0.348 e. The van der Waals surface area contributed by atoms with Gasteiger partial charge in [-0.2, -0.15) is 0 Å². The van der Waals surface area contributed by atoms with Crippen molar-refractivity contribution in [3.05, 3.63) is 48.5 Å². The van der Waals surface area contributed by atoms with Crippen LogP contribution in [0.2, 0.25) is 0 Å². The van der Waals surface area contributed by atoms with Gasteiger partial charge in [0.25, 0.3) is 5.91 Å². The first-order valence-electron chi connectivity index (χ1n) is 13.7. The van der Waals surface area contributed by atoms with E-state index in [1.165, 1.54) is 44.9 Å². The van der Waals surface area contributed by atoms with Crippen molar-refractivity contribution in [2.45, 2.75) is 88.2 Å². The number of aromatic nitrogens is 4. The zero-order valence-corrected chi connectivity index (χ0v) is 21.9. The van der Waals surface area contributed by atoms with Gasteiger partial charge in [-0.3, -0.25) is 14.3 Å². The number of carbonyl (C=O) groups is 1. The summed E-state index contributed by atoms with van der Waals surface area (Å²) in [6.07, 6.45) is 9.88. The standard InChI is InChI=1S/C28H34N6O4/c1-27(2)37-21-19(15-33-14-13-28(33)11-7-4-8-12-28)36-26(22(21)38-27)34-17-31-20-23(29-16-30-24(20)34)32-25(35)18-9-5-3-6-10-18/h3,5-6,9-10,16-17,19,21-22,26H,4,7-8,11-15H2,1-2H3,(H,29,30,32,35)/t19-,21-,22-,26-/m1/s1. The van der Waals surface area contributed by atoms with Crippen LogP contribution in [-0.2, 0) is 14.2 Å². The molecule has 2 aromatic heterocycles. The number of nitrogens with one attached hydrogen (secondary N) is 1. The summed E-state index contributed by atoms with van der Waals surface area (Å²) >= 11 is 0. The summed E-state index contributed by atoms with van der Waals surface area (Å²) in [6.45, 7) is 5.85. The smallest absolute Gasteiger partial charge is 0.256 e. The lowest BCUT2D eigenvalue weighted by Gasteiger charge is -2.56. The Morgan fingerprint density at radius 1 is 1.03 bits per heavy atom. The lowest BCUT2D eigenvalue weighted by atomic mass is 9.72. The number of hydrogen-bond acceptors (Lipinski definition) is 8. The molecule has 4 fully saturated rings. The molecule has 3 saturated heterocycles. The third kappa shape index (κ3) is 4.02. The van der Waals surface area contributed by atoms with E-state index in [1.54, 1.807) is 18.5 Å². The number of benzene rings is 1. The van der Waals surface area contributed by atoms with Gasteiger partial charge in [0, 0.05) is 24.2 Å². The highest BCUT2D eigenvalue weighted by atomic mass is 16.8. The Hall–Kier alpha value is -2.92. The highest BCUT2D eigenvalue weighted by molar-refractivity contribution is 6.06. The molecule has 1 spiro atoms. The second kappa shape index (κ2) is 9.08. The number of imidazole rings is 1. The Kier molecular flexibility index (Phi) is 5.77. The number of fused-ring (bicyclic) bond motifs is 2. The van der Waals surface area contributed by atoms with E-state index in [0.717, 1.165) is 13.1 Å². The average molecular weight is 519 g/mol. The van der Waals surface area contributed by atoms with Crippen molar-refractivity contribution in [2.24, 2.45) is 0 Å². The number of nitrogens with zero attached hydrogens (tertiary/aromatic N) is 5. The Labute approximate surface area is 221 Å². The highest BCUT2D eigenvalue weighted by Crippen LogP contribution is 2.47. The first kappa shape index (κ1) is 24.1. The predicted octanol–water partition coefficient (Wildman–Crippen LogP) is 3.90. The SMILES string of the molecule is CC1(C)O[C@@H]2[C@H](O1)[C@@H](CN1CCC13CCCCC3)O[C@H]2n1cnc2c(NC(=O)c3ccccc3)ncnc21. The molecule has 1 saturated carbocycles. The van der Waals surface area contributed by atoms with Crippen LogP contribution in [0.15, 0.2) is 43.0 Å². The Balaban J connectivity index is 1.16. The summed E-state index contributed by atoms with van der Waals surface area (Å²) in [4.78, 5) is 28.8. The molecule has 1 aromatic carbocycles. The Morgan fingerprint density at radius 3 is 2.58 bits per heavy atom. The van der Waals surface area contributed by atoms with Gasteiger partial charge in [-0.1, -0.05) is 37.5 Å². The molecule has 7 rings (SSSR count). The van der Waals surface area contributed by atoms with Crippen LogP contribution < -0.4 is 5.32 Å². The first-order valence-corrected chi connectivity index (χ1v) is 13.7. The minimum atomic E-state index is -0.701. The zero-order valence-electron chi connectivity index (χ0n) is 21.9. The fourth-order valence-corrected chi connectivity index (χ4v) is 6.79. The minimum Gasteiger partial charge on any atom is -0.348 e. The normalized spacial score (nSPS) is 29.8. The van der Waals surface area contributed by atoms with Crippen molar-refractivity contribution in [1.29, 1.82) is 0 Å². The molecule has 0 unspecified atom stereocenters. The van der Waals surface area contributed by atoms with Gasteiger partial charge in [-0.15, -0.1) is 0 Å². The number of rotatable bonds is 5. The maximum atomic E-state index is 12.8. The molecule has 4 aliphatic rings. The van der Waals surface area contributed by atoms with Gasteiger partial charge in [0.1, 0.15) is 24.6 Å². The van der Waals surface area contributed by atoms with Crippen LogP contribution in [-0.4, -0.2) is 73.1 Å². The van der Waals surface area contributed by atoms with Crippen molar-refractivity contribution in [3.63, 3.8) is 0 Å². The van der Waals surface area contributed by atoms with Gasteiger partial charge >= 0.3 is 0 Å². The van der Waals surface area contributed by atoms with Crippen LogP contribution in [0.3, 0.4) is 0 Å². The molecular formula is C28H34N6O4. The molecular weight excluding hydrogens is 484 g/mol. The van der Waals surface area contributed by atoms with Crippen LogP contribution in [0.4, 0.5) is 5.82 Å². The fraction of sp³-hybridized carbons (Fsp3) is 0.571. The quantitative estimate of drug-likeness (QED) is 0.542. The van der Waals surface area contributed by atoms with E-state index in [4.69, 9.17) is 14.2 Å². The Bertz CT molecular complexity index is 1340. The van der Waals surface area contributed by atoms with Crippen LogP contribution in [0.25, 0.3) is 11.2 Å². The van der Waals surface area contributed by atoms with Crippen molar-refractivity contribution >= 4 is 22.9 Å². The summed E-state index contributed by atoms with van der Waals surface area (Å²) < 4.78 is 21.4. The molecule has 1 N–H and O–H groups in total. The number of carbonyl (C=O) groups excluding carboxylic acids is 1. The average Bonchev–Trinajstić information content (AvgIpc) is 3.59. The van der Waals surface area contributed by atoms with Gasteiger partial charge in [-0.05, 0) is 45.2 Å². The molecule has 200 valence electrons. The highest BCUT2D eigenvalue weighted by Gasteiger charge is 2.58. The van der Waals surface area contributed by atoms with Crippen molar-refractivity contribution in [2.75, 3.05) is 18.4 Å². The van der Waals surface area contributed by atoms with E-state index < -0.39 is 12.0 Å². The molecule has 3 aliphatic heterocycles. The molecule has 1 aliphatic carbocycles. The van der Waals surface area contributed by atoms with Crippen LogP contribution in [0.5, 0.6) is 0 Å². The maximum Gasteiger partial charge on any atom is 0.256 e. The number of amides is 1. The molecule has 0 radical (unpaired) electrons. The Morgan fingerprint density at radius 2 is 1.82 bits per heavy atom. The number of anilines is 1. The van der Waals surface area contributed by atoms with Crippen LogP contribution in [0, 0.1) is 0 Å². The third-order valence-electron chi connectivity index (χ3n) is 8.73. The number of ether oxygens (including phenoxy) is 3. The van der Waals surface area contributed by atoms with Crippen molar-refractivity contribution in [1.82, 2.24) is 24.4 Å². The monoisotopic (exact) mass is 518 g/mol. The minimum absolute atomic E-state index is 0.123. The van der Waals surface area contributed by atoms with E-state index in [0.29, 0.717) is 28.1 Å². The summed E-state index contributed by atoms with van der Waals surface area (Å²) in [7, 11) is 0. The lowest BCUT2D eigenvalue weighted by molar-refractivity contribution is -0.202. The molecule has 10 nitrogen and oxygen atoms in total. The van der Waals surface area contributed by atoms with Crippen molar-refractivity contribution < 1.29 is 19.0 Å². The molecule has 38 heavy (non-hydrogen) atoms. The summed E-state index contributed by atoms with van der Waals surface area (Å²) in [5.41, 5.74) is 1.96. The number of hydrogen-bond donors (Lipinski definition) is 1. The van der Waals surface area contributed by atoms with E-state index in [9.17, 15) is 4.79 Å². The van der Waals surface area contributed by atoms with Gasteiger partial charge in [0.2, 0.25) is 0 Å². The summed E-state index contributed by atoms with van der Waals surface area (Å²) in [5.74, 6) is -0.594. The summed E-state index contributed by atoms with van der Waals surface area (Å²) in [5, 5.41) is 2.88. The molecule has 3 aromatic rings. The molecule has 0 bridgehead atoms. The van der Waals surface area contributed by atoms with Gasteiger partial charge in [0.15, 0.2) is 29.0 Å². The number of likely N-dealkylation sites (tertiary alicyclic amines) is 1. The maximum absolute atomic E-state index is 12.8. The van der Waals surface area contributed by atoms with Crippen molar-refractivity contribution in [3.8, 4) is 0 Å². The molecule has 10 heteroatoms. The van der Waals surface area contributed by atoms with Gasteiger partial charge < -0.3 is 19.5 Å². The second-order valence-electron chi connectivity index (χ2n) is 11.5. The zero-order chi connectivity index (χ0) is 25.9. The second-order valence-corrected chi connectivity index (χ2v) is 11.5. The first-order chi connectivity index (χ1) is 18.4.